The minimum Gasteiger partial charge on any atom is -0.256 e. The number of aromatic nitrogens is 1. The van der Waals surface area contributed by atoms with E-state index in [1.54, 1.807) is 0 Å². The van der Waals surface area contributed by atoms with Gasteiger partial charge in [-0.15, -0.1) is 0 Å². The van der Waals surface area contributed by atoms with E-state index in [0.29, 0.717) is 0 Å². The summed E-state index contributed by atoms with van der Waals surface area (Å²) in [5, 5.41) is 6.20. The second-order valence-corrected chi connectivity index (χ2v) is 8.68. The van der Waals surface area contributed by atoms with Crippen LogP contribution in [-0.2, 0) is 0 Å². The summed E-state index contributed by atoms with van der Waals surface area (Å²) in [6.45, 7) is 0. The largest absolute Gasteiger partial charge is 0.256 e. The minimum absolute atomic E-state index is 1.03. The summed E-state index contributed by atoms with van der Waals surface area (Å²) in [5.41, 5.74) is 3.50. The van der Waals surface area contributed by atoms with Crippen molar-refractivity contribution in [2.45, 2.75) is 9.79 Å². The van der Waals surface area contributed by atoms with E-state index in [9.17, 15) is 0 Å². The smallest absolute Gasteiger partial charge is 0.0708 e. The number of hydrogen-bond donors (Lipinski definition) is 0. The first-order valence-corrected chi connectivity index (χ1v) is 11.2. The van der Waals surface area contributed by atoms with Crippen molar-refractivity contribution >= 4 is 44.2 Å². The highest BCUT2D eigenvalue weighted by atomic mass is 32.2. The van der Waals surface area contributed by atoms with Crippen molar-refractivity contribution in [1.82, 2.24) is 4.98 Å². The summed E-state index contributed by atoms with van der Waals surface area (Å²) >= 11 is 1.84. The third-order valence-corrected chi connectivity index (χ3v) is 6.87. The van der Waals surface area contributed by atoms with Gasteiger partial charge in [0.1, 0.15) is 0 Å². The van der Waals surface area contributed by atoms with Crippen LogP contribution in [0.2, 0.25) is 0 Å². The van der Waals surface area contributed by atoms with Gasteiger partial charge >= 0.3 is 0 Å². The van der Waals surface area contributed by atoms with Gasteiger partial charge in [0, 0.05) is 32.1 Å². The van der Waals surface area contributed by atoms with Crippen LogP contribution < -0.4 is 0 Å². The molecule has 0 amide bonds. The van der Waals surface area contributed by atoms with Crippen molar-refractivity contribution in [1.29, 1.82) is 0 Å². The lowest BCUT2D eigenvalue weighted by atomic mass is 9.91. The Kier molecular flexibility index (Phi) is 4.44. The quantitative estimate of drug-likeness (QED) is 0.213. The van der Waals surface area contributed by atoms with E-state index in [0.717, 1.165) is 5.52 Å². The number of nitrogens with zero attached hydrogens (tertiary/aromatic N) is 1. The van der Waals surface area contributed by atoms with Crippen LogP contribution in [0, 0.1) is 0 Å². The first-order valence-electron chi connectivity index (χ1n) is 10.4. The van der Waals surface area contributed by atoms with E-state index in [-0.39, 0.29) is 0 Å². The highest BCUT2D eigenvalue weighted by Gasteiger charge is 2.18. The lowest BCUT2D eigenvalue weighted by Crippen LogP contribution is -1.92. The summed E-state index contributed by atoms with van der Waals surface area (Å²) < 4.78 is 0. The molecule has 0 radical (unpaired) electrons. The number of benzene rings is 5. The van der Waals surface area contributed by atoms with E-state index in [2.05, 4.69) is 115 Å². The molecule has 31 heavy (non-hydrogen) atoms. The molecule has 0 unspecified atom stereocenters. The molecule has 0 N–H and O–H groups in total. The molecule has 0 saturated heterocycles. The molecule has 6 rings (SSSR count). The minimum atomic E-state index is 1.03. The van der Waals surface area contributed by atoms with E-state index >= 15 is 0 Å². The predicted octanol–water partition coefficient (Wildman–Crippen LogP) is 8.36. The first-order chi connectivity index (χ1) is 15.4. The highest BCUT2D eigenvalue weighted by molar-refractivity contribution is 7.99. The summed E-state index contributed by atoms with van der Waals surface area (Å²) in [5.74, 6) is 0. The van der Waals surface area contributed by atoms with Gasteiger partial charge in [-0.3, -0.25) is 4.98 Å². The van der Waals surface area contributed by atoms with Crippen molar-refractivity contribution in [3.63, 3.8) is 0 Å². The van der Waals surface area contributed by atoms with Crippen LogP contribution in [0.25, 0.3) is 43.6 Å². The Morgan fingerprint density at radius 1 is 0.516 bits per heavy atom. The number of fused-ring (bicyclic) bond motifs is 4. The molecule has 0 bridgehead atoms. The maximum absolute atomic E-state index is 4.84. The maximum atomic E-state index is 4.84. The predicted molar refractivity (Wildman–Crippen MR) is 133 cm³/mol. The molecule has 2 heteroatoms. The standard InChI is InChI=1S/C29H19NS/c1-3-11-20(12-4-1)27-22-15-7-8-16-23(22)29(31-21-13-5-2-6-14-21)28-24-17-9-10-18-26(24)30-19-25(27)28/h1-19H. The third kappa shape index (κ3) is 3.08. The molecule has 5 aromatic carbocycles. The number of hydrogen-bond acceptors (Lipinski definition) is 2. The molecule has 0 atom stereocenters. The maximum Gasteiger partial charge on any atom is 0.0708 e. The van der Waals surface area contributed by atoms with Crippen LogP contribution in [0.3, 0.4) is 0 Å². The van der Waals surface area contributed by atoms with Gasteiger partial charge in [-0.1, -0.05) is 103 Å². The zero-order valence-electron chi connectivity index (χ0n) is 16.8. The molecule has 6 aromatic rings. The van der Waals surface area contributed by atoms with Crippen molar-refractivity contribution in [2.75, 3.05) is 0 Å². The lowest BCUT2D eigenvalue weighted by molar-refractivity contribution is 1.43. The summed E-state index contributed by atoms with van der Waals surface area (Å²) in [4.78, 5) is 7.37. The normalized spacial score (nSPS) is 11.4. The van der Waals surface area contributed by atoms with Crippen LogP contribution in [0.1, 0.15) is 0 Å². The molecule has 0 fully saturated rings. The zero-order chi connectivity index (χ0) is 20.6. The Hall–Kier alpha value is -3.62. The lowest BCUT2D eigenvalue weighted by Gasteiger charge is -2.18. The Morgan fingerprint density at radius 2 is 1.13 bits per heavy atom. The molecule has 0 aliphatic carbocycles. The fourth-order valence-corrected chi connectivity index (χ4v) is 5.52. The summed E-state index contributed by atoms with van der Waals surface area (Å²) in [6.07, 6.45) is 2.06. The van der Waals surface area contributed by atoms with Crippen LogP contribution >= 0.6 is 11.8 Å². The second kappa shape index (κ2) is 7.57. The van der Waals surface area contributed by atoms with Crippen LogP contribution in [0.5, 0.6) is 0 Å². The molecular weight excluding hydrogens is 394 g/mol. The van der Waals surface area contributed by atoms with Gasteiger partial charge in [0.2, 0.25) is 0 Å². The number of rotatable bonds is 3. The van der Waals surface area contributed by atoms with Crippen molar-refractivity contribution < 1.29 is 0 Å². The third-order valence-electron chi connectivity index (χ3n) is 5.74. The number of pyridine rings is 1. The molecule has 0 saturated carbocycles. The molecule has 1 aromatic heterocycles. The Labute approximate surface area is 185 Å². The second-order valence-electron chi connectivity index (χ2n) is 7.59. The number of para-hydroxylation sites is 1. The Balaban J connectivity index is 1.82. The molecule has 146 valence electrons. The van der Waals surface area contributed by atoms with Gasteiger partial charge in [0.25, 0.3) is 0 Å². The summed E-state index contributed by atoms with van der Waals surface area (Å²) in [7, 11) is 0. The van der Waals surface area contributed by atoms with Gasteiger partial charge in [-0.05, 0) is 40.1 Å². The van der Waals surface area contributed by atoms with Gasteiger partial charge in [-0.2, -0.15) is 0 Å². The molecule has 1 heterocycles. The Bertz CT molecular complexity index is 1540. The Morgan fingerprint density at radius 3 is 1.90 bits per heavy atom. The van der Waals surface area contributed by atoms with E-state index in [1.807, 2.05) is 11.8 Å². The molecule has 0 aliphatic heterocycles. The van der Waals surface area contributed by atoms with Crippen LogP contribution in [0.4, 0.5) is 0 Å². The van der Waals surface area contributed by atoms with Crippen molar-refractivity contribution in [2.24, 2.45) is 0 Å². The molecule has 1 nitrogen and oxygen atoms in total. The molecule has 0 spiro atoms. The topological polar surface area (TPSA) is 12.9 Å². The van der Waals surface area contributed by atoms with Crippen LogP contribution in [-0.4, -0.2) is 4.98 Å². The van der Waals surface area contributed by atoms with Gasteiger partial charge in [-0.25, -0.2) is 0 Å². The van der Waals surface area contributed by atoms with Gasteiger partial charge in [0.05, 0.1) is 5.52 Å². The van der Waals surface area contributed by atoms with E-state index in [1.165, 1.54) is 47.8 Å². The average Bonchev–Trinajstić information content (AvgIpc) is 2.85. The van der Waals surface area contributed by atoms with Crippen molar-refractivity contribution in [3.8, 4) is 11.1 Å². The van der Waals surface area contributed by atoms with Crippen molar-refractivity contribution in [3.05, 3.63) is 115 Å². The molecule has 0 aliphatic rings. The fourth-order valence-electron chi connectivity index (χ4n) is 4.38. The van der Waals surface area contributed by atoms with Gasteiger partial charge < -0.3 is 0 Å². The summed E-state index contributed by atoms with van der Waals surface area (Å²) in [6, 6.07) is 38.5. The van der Waals surface area contributed by atoms with Gasteiger partial charge in [0.15, 0.2) is 0 Å². The molecular formula is C29H19NS. The fraction of sp³-hybridized carbons (Fsp3) is 0. The van der Waals surface area contributed by atoms with E-state index in [4.69, 9.17) is 4.98 Å². The van der Waals surface area contributed by atoms with E-state index < -0.39 is 0 Å². The zero-order valence-corrected chi connectivity index (χ0v) is 17.6. The SMILES string of the molecule is c1ccc(Sc2c3ccccc3c(-c3ccccc3)c3cnc4ccccc4c23)cc1. The average molecular weight is 414 g/mol. The first kappa shape index (κ1) is 18.2. The highest BCUT2D eigenvalue weighted by Crippen LogP contribution is 2.46. The van der Waals surface area contributed by atoms with Crippen LogP contribution in [0.15, 0.2) is 125 Å². The monoisotopic (exact) mass is 413 g/mol.